The summed E-state index contributed by atoms with van der Waals surface area (Å²) in [5.74, 6) is 0.742. The Morgan fingerprint density at radius 3 is 3.06 bits per heavy atom. The zero-order valence-corrected chi connectivity index (χ0v) is 10.4. The highest BCUT2D eigenvalue weighted by atomic mass is 16.3. The van der Waals surface area contributed by atoms with E-state index >= 15 is 0 Å². The predicted molar refractivity (Wildman–Crippen MR) is 71.1 cm³/mol. The maximum Gasteiger partial charge on any atom is 0.181 e. The van der Waals surface area contributed by atoms with Crippen LogP contribution in [0.2, 0.25) is 0 Å². The summed E-state index contributed by atoms with van der Waals surface area (Å²) in [5, 5.41) is 3.38. The number of fused-ring (bicyclic) bond motifs is 1. The Bertz CT molecular complexity index is 516. The van der Waals surface area contributed by atoms with Crippen LogP contribution in [0, 0.1) is 5.92 Å². The van der Waals surface area contributed by atoms with Gasteiger partial charge in [0.15, 0.2) is 12.0 Å². The van der Waals surface area contributed by atoms with Crippen molar-refractivity contribution in [1.82, 2.24) is 10.3 Å². The van der Waals surface area contributed by atoms with Gasteiger partial charge in [0.1, 0.15) is 5.52 Å². The van der Waals surface area contributed by atoms with Gasteiger partial charge in [0.25, 0.3) is 0 Å². The van der Waals surface area contributed by atoms with Crippen LogP contribution < -0.4 is 11.1 Å². The Hall–Kier alpha value is -1.39. The second kappa shape index (κ2) is 5.08. The molecule has 1 aliphatic heterocycles. The highest BCUT2D eigenvalue weighted by Gasteiger charge is 2.18. The number of hydrogen-bond donors (Lipinski definition) is 2. The summed E-state index contributed by atoms with van der Waals surface area (Å²) in [7, 11) is 0. The smallest absolute Gasteiger partial charge is 0.181 e. The minimum Gasteiger partial charge on any atom is -0.443 e. The van der Waals surface area contributed by atoms with Gasteiger partial charge in [-0.3, -0.25) is 0 Å². The molecule has 4 nitrogen and oxygen atoms in total. The molecule has 1 fully saturated rings. The summed E-state index contributed by atoms with van der Waals surface area (Å²) in [6, 6.07) is 6.17. The van der Waals surface area contributed by atoms with Crippen LogP contribution in [0.15, 0.2) is 29.0 Å². The van der Waals surface area contributed by atoms with Crippen molar-refractivity contribution in [3.05, 3.63) is 30.2 Å². The van der Waals surface area contributed by atoms with E-state index in [0.29, 0.717) is 0 Å². The van der Waals surface area contributed by atoms with Crippen LogP contribution in [-0.4, -0.2) is 18.1 Å². The third-order valence-electron chi connectivity index (χ3n) is 3.83. The molecule has 0 bridgehead atoms. The third-order valence-corrected chi connectivity index (χ3v) is 3.83. The Morgan fingerprint density at radius 2 is 2.22 bits per heavy atom. The second-order valence-corrected chi connectivity index (χ2v) is 5.12. The first-order chi connectivity index (χ1) is 8.83. The highest BCUT2D eigenvalue weighted by molar-refractivity contribution is 5.72. The largest absolute Gasteiger partial charge is 0.443 e. The van der Waals surface area contributed by atoms with Gasteiger partial charge in [0, 0.05) is 6.04 Å². The summed E-state index contributed by atoms with van der Waals surface area (Å²) < 4.78 is 5.32. The molecule has 0 saturated carbocycles. The molecule has 1 aromatic heterocycles. The van der Waals surface area contributed by atoms with Gasteiger partial charge in [-0.1, -0.05) is 6.07 Å². The van der Waals surface area contributed by atoms with E-state index in [0.717, 1.165) is 42.1 Å². The molecule has 0 radical (unpaired) electrons. The van der Waals surface area contributed by atoms with Gasteiger partial charge in [0.2, 0.25) is 0 Å². The summed E-state index contributed by atoms with van der Waals surface area (Å²) in [4.78, 5) is 4.12. The minimum absolute atomic E-state index is 0.0996. The van der Waals surface area contributed by atoms with Gasteiger partial charge in [-0.25, -0.2) is 4.98 Å². The van der Waals surface area contributed by atoms with Crippen LogP contribution in [-0.2, 0) is 0 Å². The number of nitrogens with zero attached hydrogens (tertiary/aromatic N) is 1. The molecule has 3 N–H and O–H groups in total. The lowest BCUT2D eigenvalue weighted by molar-refractivity contribution is 0.333. The summed E-state index contributed by atoms with van der Waals surface area (Å²) in [5.41, 5.74) is 9.18. The molecule has 96 valence electrons. The van der Waals surface area contributed by atoms with Crippen molar-refractivity contribution in [1.29, 1.82) is 0 Å². The molecule has 1 aromatic carbocycles. The number of aromatic nitrogens is 1. The molecular formula is C14H19N3O. The first-order valence-corrected chi connectivity index (χ1v) is 6.62. The monoisotopic (exact) mass is 245 g/mol. The van der Waals surface area contributed by atoms with Crippen LogP contribution in [0.25, 0.3) is 11.1 Å². The minimum atomic E-state index is 0.0996. The second-order valence-electron chi connectivity index (χ2n) is 5.12. The molecule has 2 heterocycles. The van der Waals surface area contributed by atoms with E-state index in [9.17, 15) is 0 Å². The summed E-state index contributed by atoms with van der Waals surface area (Å²) in [6.07, 6.45) is 5.00. The molecule has 0 spiro atoms. The van der Waals surface area contributed by atoms with Crippen molar-refractivity contribution < 1.29 is 4.42 Å². The quantitative estimate of drug-likeness (QED) is 0.870. The number of piperidine rings is 1. The molecule has 0 amide bonds. The third kappa shape index (κ3) is 2.40. The van der Waals surface area contributed by atoms with Crippen LogP contribution in [0.5, 0.6) is 0 Å². The number of oxazole rings is 1. The standard InChI is InChI=1S/C14H19N3O/c15-12(7-10-3-5-16-6-4-10)11-1-2-13-14(8-11)18-9-17-13/h1-2,8-10,12,16H,3-7,15H2. The highest BCUT2D eigenvalue weighted by Crippen LogP contribution is 2.26. The van der Waals surface area contributed by atoms with Gasteiger partial charge >= 0.3 is 0 Å². The van der Waals surface area contributed by atoms with Crippen LogP contribution in [0.4, 0.5) is 0 Å². The van der Waals surface area contributed by atoms with Crippen molar-refractivity contribution in [2.45, 2.75) is 25.3 Å². The molecule has 3 rings (SSSR count). The number of rotatable bonds is 3. The summed E-state index contributed by atoms with van der Waals surface area (Å²) >= 11 is 0. The van der Waals surface area contributed by atoms with E-state index < -0.39 is 0 Å². The Kier molecular flexibility index (Phi) is 3.30. The van der Waals surface area contributed by atoms with E-state index in [-0.39, 0.29) is 6.04 Å². The molecule has 1 saturated heterocycles. The molecule has 1 aliphatic rings. The lowest BCUT2D eigenvalue weighted by Crippen LogP contribution is -2.29. The molecule has 18 heavy (non-hydrogen) atoms. The average molecular weight is 245 g/mol. The predicted octanol–water partition coefficient (Wildman–Crippen LogP) is 2.22. The fourth-order valence-electron chi connectivity index (χ4n) is 2.71. The molecule has 1 unspecified atom stereocenters. The van der Waals surface area contributed by atoms with Crippen LogP contribution in [0.1, 0.15) is 30.9 Å². The van der Waals surface area contributed by atoms with Gasteiger partial charge < -0.3 is 15.5 Å². The molecular weight excluding hydrogens is 226 g/mol. The van der Waals surface area contributed by atoms with Crippen molar-refractivity contribution in [2.75, 3.05) is 13.1 Å². The number of hydrogen-bond acceptors (Lipinski definition) is 4. The zero-order chi connectivity index (χ0) is 12.4. The number of nitrogens with two attached hydrogens (primary N) is 1. The van der Waals surface area contributed by atoms with E-state index in [1.807, 2.05) is 12.1 Å². The zero-order valence-electron chi connectivity index (χ0n) is 10.4. The van der Waals surface area contributed by atoms with Gasteiger partial charge in [-0.05, 0) is 56.0 Å². The van der Waals surface area contributed by atoms with Crippen molar-refractivity contribution in [2.24, 2.45) is 11.7 Å². The van der Waals surface area contributed by atoms with Crippen LogP contribution in [0.3, 0.4) is 0 Å². The van der Waals surface area contributed by atoms with Crippen LogP contribution >= 0.6 is 0 Å². The maximum atomic E-state index is 6.30. The normalized spacial score (nSPS) is 19.2. The average Bonchev–Trinajstić information content (AvgIpc) is 2.87. The topological polar surface area (TPSA) is 64.1 Å². The van der Waals surface area contributed by atoms with Gasteiger partial charge in [-0.2, -0.15) is 0 Å². The van der Waals surface area contributed by atoms with E-state index in [2.05, 4.69) is 16.4 Å². The first-order valence-electron chi connectivity index (χ1n) is 6.62. The number of benzene rings is 1. The molecule has 4 heteroatoms. The Labute approximate surface area is 107 Å². The summed E-state index contributed by atoms with van der Waals surface area (Å²) in [6.45, 7) is 2.25. The lowest BCUT2D eigenvalue weighted by atomic mass is 9.89. The number of nitrogens with one attached hydrogen (secondary N) is 1. The Morgan fingerprint density at radius 1 is 1.39 bits per heavy atom. The SMILES string of the molecule is NC(CC1CCNCC1)c1ccc2ncoc2c1. The Balaban J connectivity index is 1.72. The van der Waals surface area contributed by atoms with E-state index in [1.165, 1.54) is 19.2 Å². The molecule has 2 aromatic rings. The van der Waals surface area contributed by atoms with Crippen molar-refractivity contribution in [3.8, 4) is 0 Å². The van der Waals surface area contributed by atoms with Crippen molar-refractivity contribution >= 4 is 11.1 Å². The van der Waals surface area contributed by atoms with E-state index in [4.69, 9.17) is 10.2 Å². The van der Waals surface area contributed by atoms with Gasteiger partial charge in [0.05, 0.1) is 0 Å². The first kappa shape index (κ1) is 11.7. The fraction of sp³-hybridized carbons (Fsp3) is 0.500. The fourth-order valence-corrected chi connectivity index (χ4v) is 2.71. The molecule has 0 aliphatic carbocycles. The van der Waals surface area contributed by atoms with Crippen molar-refractivity contribution in [3.63, 3.8) is 0 Å². The lowest BCUT2D eigenvalue weighted by Gasteiger charge is -2.25. The van der Waals surface area contributed by atoms with Gasteiger partial charge in [-0.15, -0.1) is 0 Å². The maximum absolute atomic E-state index is 6.30. The molecule has 1 atom stereocenters. The van der Waals surface area contributed by atoms with E-state index in [1.54, 1.807) is 0 Å².